The molecule has 4 heteroatoms. The number of aromatic nitrogens is 2. The van der Waals surface area contributed by atoms with Gasteiger partial charge in [0.25, 0.3) is 0 Å². The van der Waals surface area contributed by atoms with Gasteiger partial charge in [0.05, 0.1) is 11.6 Å². The molecule has 1 heterocycles. The molecule has 0 radical (unpaired) electrons. The monoisotopic (exact) mass is 211 g/mol. The van der Waals surface area contributed by atoms with Crippen molar-refractivity contribution in [3.05, 3.63) is 42.1 Å². The number of hydrogen-bond acceptors (Lipinski definition) is 3. The Morgan fingerprint density at radius 2 is 2.12 bits per heavy atom. The third-order valence-electron chi connectivity index (χ3n) is 2.20. The topological polar surface area (TPSA) is 58.7 Å². The van der Waals surface area contributed by atoms with Gasteiger partial charge >= 0.3 is 0 Å². The average Bonchev–Trinajstić information content (AvgIpc) is 2.74. The highest BCUT2D eigenvalue weighted by Gasteiger charge is 2.09. The van der Waals surface area contributed by atoms with Crippen LogP contribution in [-0.2, 0) is 6.54 Å². The first-order chi connectivity index (χ1) is 7.85. The fourth-order valence-corrected chi connectivity index (χ4v) is 1.50. The van der Waals surface area contributed by atoms with Crippen molar-refractivity contribution in [2.75, 3.05) is 0 Å². The fourth-order valence-electron chi connectivity index (χ4n) is 1.50. The predicted octanol–water partition coefficient (Wildman–Crippen LogP) is 1.89. The SMILES string of the molecule is N#CCn1cc(C=O)c(-c2ccccc2)n1. The Kier molecular flexibility index (Phi) is 2.79. The van der Waals surface area contributed by atoms with Crippen LogP contribution in [0.15, 0.2) is 36.5 Å². The van der Waals surface area contributed by atoms with Gasteiger partial charge in [-0.05, 0) is 0 Å². The van der Waals surface area contributed by atoms with E-state index in [4.69, 9.17) is 5.26 Å². The molecule has 16 heavy (non-hydrogen) atoms. The number of nitrogens with zero attached hydrogens (tertiary/aromatic N) is 3. The Bertz CT molecular complexity index is 537. The first-order valence-electron chi connectivity index (χ1n) is 4.80. The number of nitriles is 1. The van der Waals surface area contributed by atoms with Crippen molar-refractivity contribution in [2.24, 2.45) is 0 Å². The van der Waals surface area contributed by atoms with E-state index in [1.165, 1.54) is 4.68 Å². The molecule has 0 fully saturated rings. The summed E-state index contributed by atoms with van der Waals surface area (Å²) in [4.78, 5) is 10.9. The van der Waals surface area contributed by atoms with Gasteiger partial charge in [0.2, 0.25) is 0 Å². The zero-order valence-electron chi connectivity index (χ0n) is 8.50. The van der Waals surface area contributed by atoms with Crippen LogP contribution < -0.4 is 0 Å². The quantitative estimate of drug-likeness (QED) is 0.728. The molecule has 0 aliphatic carbocycles. The van der Waals surface area contributed by atoms with Gasteiger partial charge < -0.3 is 0 Å². The van der Waals surface area contributed by atoms with E-state index in [1.807, 2.05) is 36.4 Å². The lowest BCUT2D eigenvalue weighted by atomic mass is 10.1. The van der Waals surface area contributed by atoms with Gasteiger partial charge in [0, 0.05) is 11.8 Å². The lowest BCUT2D eigenvalue weighted by Gasteiger charge is -1.96. The van der Waals surface area contributed by atoms with Crippen molar-refractivity contribution in [3.8, 4) is 17.3 Å². The normalized spacial score (nSPS) is 9.69. The Hall–Kier alpha value is -2.41. The van der Waals surface area contributed by atoms with Crippen LogP contribution in [0.2, 0.25) is 0 Å². The molecule has 0 aliphatic heterocycles. The number of carbonyl (C=O) groups is 1. The van der Waals surface area contributed by atoms with Crippen LogP contribution >= 0.6 is 0 Å². The fraction of sp³-hybridized carbons (Fsp3) is 0.0833. The van der Waals surface area contributed by atoms with E-state index < -0.39 is 0 Å². The van der Waals surface area contributed by atoms with Crippen LogP contribution in [0.4, 0.5) is 0 Å². The molecule has 1 aromatic carbocycles. The van der Waals surface area contributed by atoms with Crippen molar-refractivity contribution >= 4 is 6.29 Å². The van der Waals surface area contributed by atoms with Crippen molar-refractivity contribution in [1.82, 2.24) is 9.78 Å². The van der Waals surface area contributed by atoms with Gasteiger partial charge in [-0.3, -0.25) is 9.48 Å². The number of benzene rings is 1. The Labute approximate surface area is 92.7 Å². The summed E-state index contributed by atoms with van der Waals surface area (Å²) in [7, 11) is 0. The van der Waals surface area contributed by atoms with Gasteiger partial charge in [0.15, 0.2) is 6.29 Å². The van der Waals surface area contributed by atoms with E-state index in [2.05, 4.69) is 5.10 Å². The predicted molar refractivity (Wildman–Crippen MR) is 58.7 cm³/mol. The zero-order valence-corrected chi connectivity index (χ0v) is 8.50. The first kappa shape index (κ1) is 10.1. The van der Waals surface area contributed by atoms with Crippen molar-refractivity contribution in [1.29, 1.82) is 5.26 Å². The molecule has 0 spiro atoms. The lowest BCUT2D eigenvalue weighted by Crippen LogP contribution is -1.95. The highest BCUT2D eigenvalue weighted by Crippen LogP contribution is 2.20. The molecule has 0 bridgehead atoms. The minimum absolute atomic E-state index is 0.147. The van der Waals surface area contributed by atoms with Crippen molar-refractivity contribution < 1.29 is 4.79 Å². The number of rotatable bonds is 3. The van der Waals surface area contributed by atoms with Gasteiger partial charge in [-0.1, -0.05) is 30.3 Å². The van der Waals surface area contributed by atoms with E-state index in [0.29, 0.717) is 11.3 Å². The Balaban J connectivity index is 2.48. The molecule has 0 saturated carbocycles. The van der Waals surface area contributed by atoms with E-state index in [0.717, 1.165) is 11.8 Å². The maximum atomic E-state index is 10.9. The van der Waals surface area contributed by atoms with Crippen LogP contribution in [0.1, 0.15) is 10.4 Å². The summed E-state index contributed by atoms with van der Waals surface area (Å²) in [6.45, 7) is 0.147. The molecule has 2 rings (SSSR count). The van der Waals surface area contributed by atoms with E-state index in [9.17, 15) is 4.79 Å². The third kappa shape index (κ3) is 1.84. The first-order valence-corrected chi connectivity index (χ1v) is 4.80. The second-order valence-corrected chi connectivity index (χ2v) is 3.27. The summed E-state index contributed by atoms with van der Waals surface area (Å²) in [5.41, 5.74) is 1.99. The molecule has 0 saturated heterocycles. The zero-order chi connectivity index (χ0) is 11.4. The largest absolute Gasteiger partial charge is 0.298 e. The summed E-state index contributed by atoms with van der Waals surface area (Å²) in [6.07, 6.45) is 2.34. The molecular weight excluding hydrogens is 202 g/mol. The summed E-state index contributed by atoms with van der Waals surface area (Å²) < 4.78 is 1.46. The smallest absolute Gasteiger partial charge is 0.153 e. The van der Waals surface area contributed by atoms with Crippen LogP contribution in [0.3, 0.4) is 0 Å². The molecule has 78 valence electrons. The molecular formula is C12H9N3O. The van der Waals surface area contributed by atoms with Crippen LogP contribution in [0.25, 0.3) is 11.3 Å². The second-order valence-electron chi connectivity index (χ2n) is 3.27. The number of aldehydes is 1. The van der Waals surface area contributed by atoms with Gasteiger partial charge in [-0.2, -0.15) is 10.4 Å². The molecule has 1 aromatic heterocycles. The van der Waals surface area contributed by atoms with Crippen LogP contribution in [0, 0.1) is 11.3 Å². The second kappa shape index (κ2) is 4.41. The molecule has 0 unspecified atom stereocenters. The third-order valence-corrected chi connectivity index (χ3v) is 2.20. The standard InChI is InChI=1S/C12H9N3O/c13-6-7-15-8-11(9-16)12(14-15)10-4-2-1-3-5-10/h1-5,8-9H,7H2. The summed E-state index contributed by atoms with van der Waals surface area (Å²) in [6, 6.07) is 11.4. The van der Waals surface area contributed by atoms with Gasteiger partial charge in [-0.25, -0.2) is 0 Å². The molecule has 2 aromatic rings. The van der Waals surface area contributed by atoms with Crippen molar-refractivity contribution in [3.63, 3.8) is 0 Å². The van der Waals surface area contributed by atoms with Crippen molar-refractivity contribution in [2.45, 2.75) is 6.54 Å². The van der Waals surface area contributed by atoms with E-state index >= 15 is 0 Å². The Morgan fingerprint density at radius 3 is 2.75 bits per heavy atom. The molecule has 0 aliphatic rings. The molecule has 0 atom stereocenters. The van der Waals surface area contributed by atoms with E-state index in [-0.39, 0.29) is 6.54 Å². The minimum atomic E-state index is 0.147. The van der Waals surface area contributed by atoms with Crippen LogP contribution in [0.5, 0.6) is 0 Å². The van der Waals surface area contributed by atoms with E-state index in [1.54, 1.807) is 6.20 Å². The highest BCUT2D eigenvalue weighted by molar-refractivity contribution is 5.85. The average molecular weight is 211 g/mol. The minimum Gasteiger partial charge on any atom is -0.298 e. The maximum Gasteiger partial charge on any atom is 0.153 e. The summed E-state index contributed by atoms with van der Waals surface area (Å²) >= 11 is 0. The molecule has 0 amide bonds. The lowest BCUT2D eigenvalue weighted by molar-refractivity contribution is 0.112. The number of carbonyl (C=O) groups excluding carboxylic acids is 1. The summed E-state index contributed by atoms with van der Waals surface area (Å²) in [5.74, 6) is 0. The maximum absolute atomic E-state index is 10.9. The highest BCUT2D eigenvalue weighted by atomic mass is 16.1. The number of hydrogen-bond donors (Lipinski definition) is 0. The Morgan fingerprint density at radius 1 is 1.38 bits per heavy atom. The van der Waals surface area contributed by atoms with Crippen LogP contribution in [-0.4, -0.2) is 16.1 Å². The van der Waals surface area contributed by atoms with Gasteiger partial charge in [0.1, 0.15) is 12.2 Å². The molecule has 0 N–H and O–H groups in total. The summed E-state index contributed by atoms with van der Waals surface area (Å²) in [5, 5.41) is 12.8. The van der Waals surface area contributed by atoms with Gasteiger partial charge in [-0.15, -0.1) is 0 Å². The molecule has 4 nitrogen and oxygen atoms in total.